The minimum Gasteiger partial charge on any atom is -0.477 e. The maximum Gasteiger partial charge on any atom is 0.353 e. The predicted molar refractivity (Wildman–Crippen MR) is 64.1 cm³/mol. The van der Waals surface area contributed by atoms with Gasteiger partial charge in [-0.15, -0.1) is 0 Å². The zero-order valence-corrected chi connectivity index (χ0v) is 10.6. The van der Waals surface area contributed by atoms with E-state index in [1.54, 1.807) is 0 Å². The van der Waals surface area contributed by atoms with Crippen molar-refractivity contribution in [2.75, 3.05) is 6.26 Å². The van der Waals surface area contributed by atoms with Gasteiger partial charge in [-0.1, -0.05) is 11.6 Å². The smallest absolute Gasteiger partial charge is 0.353 e. The number of benzene rings is 1. The Morgan fingerprint density at radius 3 is 2.50 bits per heavy atom. The van der Waals surface area contributed by atoms with E-state index in [1.165, 1.54) is 0 Å². The van der Waals surface area contributed by atoms with E-state index in [1.807, 2.05) is 0 Å². The zero-order chi connectivity index (χ0) is 13.7. The molecule has 0 radical (unpaired) electrons. The van der Waals surface area contributed by atoms with E-state index in [-0.39, 0.29) is 15.9 Å². The molecule has 18 heavy (non-hydrogen) atoms. The fourth-order valence-corrected chi connectivity index (χ4v) is 2.85. The van der Waals surface area contributed by atoms with Crippen LogP contribution < -0.4 is 0 Å². The summed E-state index contributed by atoms with van der Waals surface area (Å²) in [4.78, 5) is 11.0. The molecule has 0 aliphatic rings. The summed E-state index contributed by atoms with van der Waals surface area (Å²) in [6.45, 7) is 0. The molecule has 0 fully saturated rings. The van der Waals surface area contributed by atoms with Crippen molar-refractivity contribution in [3.63, 3.8) is 0 Å². The van der Waals surface area contributed by atoms with Crippen LogP contribution in [-0.2, 0) is 10.0 Å². The second kappa shape index (κ2) is 3.96. The van der Waals surface area contributed by atoms with Crippen LogP contribution in [0.25, 0.3) is 10.9 Å². The first-order valence-electron chi connectivity index (χ1n) is 4.66. The van der Waals surface area contributed by atoms with E-state index in [9.17, 15) is 17.6 Å². The Labute approximate surface area is 106 Å². The van der Waals surface area contributed by atoms with Gasteiger partial charge in [-0.25, -0.2) is 21.6 Å². The van der Waals surface area contributed by atoms with Crippen molar-refractivity contribution in [3.8, 4) is 0 Å². The molecule has 8 heteroatoms. The average Bonchev–Trinajstić information content (AvgIpc) is 2.56. The Balaban J connectivity index is 3.00. The molecule has 0 saturated carbocycles. The number of carboxylic acid groups (broad SMARTS) is 1. The van der Waals surface area contributed by atoms with Crippen molar-refractivity contribution in [1.82, 2.24) is 3.97 Å². The number of carboxylic acids is 1. The molecule has 0 aliphatic heterocycles. The number of halogens is 2. The lowest BCUT2D eigenvalue weighted by Gasteiger charge is -2.05. The summed E-state index contributed by atoms with van der Waals surface area (Å²) in [5, 5.41) is 8.83. The summed E-state index contributed by atoms with van der Waals surface area (Å²) >= 11 is 5.57. The predicted octanol–water partition coefficient (Wildman–Crippen LogP) is 1.94. The van der Waals surface area contributed by atoms with Crippen LogP contribution in [0.1, 0.15) is 10.5 Å². The second-order valence-corrected chi connectivity index (χ2v) is 5.93. The highest BCUT2D eigenvalue weighted by Crippen LogP contribution is 2.27. The normalized spacial score (nSPS) is 11.9. The Morgan fingerprint density at radius 2 is 2.00 bits per heavy atom. The zero-order valence-electron chi connectivity index (χ0n) is 9.02. The van der Waals surface area contributed by atoms with Crippen molar-refractivity contribution in [3.05, 3.63) is 34.7 Å². The lowest BCUT2D eigenvalue weighted by atomic mass is 10.2. The number of fused-ring (bicyclic) bond motifs is 1. The molecule has 0 atom stereocenters. The second-order valence-electron chi connectivity index (χ2n) is 3.69. The topological polar surface area (TPSA) is 76.4 Å². The molecule has 1 heterocycles. The Kier molecular flexibility index (Phi) is 2.83. The van der Waals surface area contributed by atoms with Crippen LogP contribution in [-0.4, -0.2) is 29.7 Å². The van der Waals surface area contributed by atoms with Gasteiger partial charge in [0.2, 0.25) is 10.0 Å². The molecule has 0 spiro atoms. The molecule has 5 nitrogen and oxygen atoms in total. The molecule has 96 valence electrons. The van der Waals surface area contributed by atoms with Gasteiger partial charge in [0.25, 0.3) is 0 Å². The first-order valence-corrected chi connectivity index (χ1v) is 6.89. The summed E-state index contributed by atoms with van der Waals surface area (Å²) < 4.78 is 37.1. The molecule has 1 aromatic heterocycles. The van der Waals surface area contributed by atoms with Crippen molar-refractivity contribution in [1.29, 1.82) is 0 Å². The van der Waals surface area contributed by atoms with Gasteiger partial charge in [-0.2, -0.15) is 0 Å². The van der Waals surface area contributed by atoms with Crippen molar-refractivity contribution in [2.24, 2.45) is 0 Å². The molecule has 0 unspecified atom stereocenters. The third kappa shape index (κ3) is 1.95. The third-order valence-corrected chi connectivity index (χ3v) is 3.70. The quantitative estimate of drug-likeness (QED) is 0.917. The average molecular weight is 292 g/mol. The van der Waals surface area contributed by atoms with Crippen molar-refractivity contribution in [2.45, 2.75) is 0 Å². The molecule has 0 aliphatic carbocycles. The van der Waals surface area contributed by atoms with Gasteiger partial charge in [-0.3, -0.25) is 0 Å². The van der Waals surface area contributed by atoms with E-state index in [0.717, 1.165) is 24.5 Å². The van der Waals surface area contributed by atoms with Gasteiger partial charge in [0.1, 0.15) is 11.5 Å². The molecular weight excluding hydrogens is 285 g/mol. The van der Waals surface area contributed by atoms with E-state index >= 15 is 0 Å². The third-order valence-electron chi connectivity index (χ3n) is 2.35. The van der Waals surface area contributed by atoms with Gasteiger partial charge in [0, 0.05) is 5.39 Å². The van der Waals surface area contributed by atoms with Crippen LogP contribution in [0.3, 0.4) is 0 Å². The molecule has 2 aromatic rings. The van der Waals surface area contributed by atoms with Crippen molar-refractivity contribution >= 4 is 38.5 Å². The first kappa shape index (κ1) is 12.8. The first-order chi connectivity index (χ1) is 8.21. The minimum atomic E-state index is -3.84. The van der Waals surface area contributed by atoms with E-state index in [4.69, 9.17) is 16.7 Å². The fraction of sp³-hybridized carbons (Fsp3) is 0.100. The number of hydrogen-bond acceptors (Lipinski definition) is 3. The maximum atomic E-state index is 13.2. The number of rotatable bonds is 2. The largest absolute Gasteiger partial charge is 0.477 e. The van der Waals surface area contributed by atoms with E-state index in [0.29, 0.717) is 3.97 Å². The van der Waals surface area contributed by atoms with Gasteiger partial charge in [0.15, 0.2) is 0 Å². The van der Waals surface area contributed by atoms with Crippen LogP contribution in [0.15, 0.2) is 18.2 Å². The van der Waals surface area contributed by atoms with Crippen LogP contribution in [0.5, 0.6) is 0 Å². The van der Waals surface area contributed by atoms with Crippen LogP contribution in [0.4, 0.5) is 4.39 Å². The summed E-state index contributed by atoms with van der Waals surface area (Å²) in [7, 11) is -3.84. The van der Waals surface area contributed by atoms with Crippen LogP contribution in [0, 0.1) is 5.82 Å². The van der Waals surface area contributed by atoms with Gasteiger partial charge in [-0.05, 0) is 18.2 Å². The Morgan fingerprint density at radius 1 is 1.39 bits per heavy atom. The van der Waals surface area contributed by atoms with Gasteiger partial charge in [0.05, 0.1) is 16.8 Å². The summed E-state index contributed by atoms with van der Waals surface area (Å²) in [5.74, 6) is -2.17. The van der Waals surface area contributed by atoms with E-state index < -0.39 is 27.5 Å². The molecule has 0 saturated heterocycles. The van der Waals surface area contributed by atoms with Crippen molar-refractivity contribution < 1.29 is 22.7 Å². The highest BCUT2D eigenvalue weighted by Gasteiger charge is 2.22. The number of aromatic nitrogens is 1. The summed E-state index contributed by atoms with van der Waals surface area (Å²) in [6, 6.07) is 3.16. The summed E-state index contributed by atoms with van der Waals surface area (Å²) in [6.07, 6.45) is 0.857. The molecule has 2 rings (SSSR count). The molecule has 0 bridgehead atoms. The number of carbonyl (C=O) groups is 1. The Bertz CT molecular complexity index is 766. The van der Waals surface area contributed by atoms with E-state index in [2.05, 4.69) is 0 Å². The highest BCUT2D eigenvalue weighted by molar-refractivity contribution is 7.89. The van der Waals surface area contributed by atoms with Crippen LogP contribution >= 0.6 is 11.6 Å². The van der Waals surface area contributed by atoms with Crippen LogP contribution in [0.2, 0.25) is 5.02 Å². The number of aromatic carboxylic acids is 1. The maximum absolute atomic E-state index is 13.2. The lowest BCUT2D eigenvalue weighted by Crippen LogP contribution is -2.16. The fourth-order valence-electron chi connectivity index (χ4n) is 1.68. The highest BCUT2D eigenvalue weighted by atomic mass is 35.5. The molecule has 1 N–H and O–H groups in total. The Hall–Kier alpha value is -1.60. The lowest BCUT2D eigenvalue weighted by molar-refractivity contribution is 0.0689. The SMILES string of the molecule is CS(=O)(=O)n1c(C(=O)O)cc2cc(F)c(Cl)cc21. The molecule has 1 aromatic carbocycles. The standard InChI is InChI=1S/C10H7ClFNO4S/c1-18(16,17)13-8-4-6(11)7(12)2-5(8)3-9(13)10(14)15/h2-4H,1H3,(H,14,15). The van der Waals surface area contributed by atoms with Gasteiger partial charge >= 0.3 is 5.97 Å². The number of hydrogen-bond donors (Lipinski definition) is 1. The number of nitrogens with zero attached hydrogens (tertiary/aromatic N) is 1. The molecule has 0 amide bonds. The monoisotopic (exact) mass is 291 g/mol. The van der Waals surface area contributed by atoms with Gasteiger partial charge < -0.3 is 5.11 Å². The molecular formula is C10H7ClFNO4S. The minimum absolute atomic E-state index is 0.0290. The summed E-state index contributed by atoms with van der Waals surface area (Å²) in [5.41, 5.74) is -0.435.